The van der Waals surface area contributed by atoms with Gasteiger partial charge in [0.25, 0.3) is 0 Å². The zero-order valence-corrected chi connectivity index (χ0v) is 10.8. The van der Waals surface area contributed by atoms with Crippen LogP contribution in [0.15, 0.2) is 46.6 Å². The Bertz CT molecular complexity index is 375. The van der Waals surface area contributed by atoms with Gasteiger partial charge in [0, 0.05) is 17.1 Å². The van der Waals surface area contributed by atoms with E-state index in [1.165, 1.54) is 0 Å². The lowest BCUT2D eigenvalue weighted by molar-refractivity contribution is 1.11. The van der Waals surface area contributed by atoms with Crippen molar-refractivity contribution in [3.05, 3.63) is 57.2 Å². The highest BCUT2D eigenvalue weighted by Gasteiger charge is 1.94. The van der Waals surface area contributed by atoms with E-state index in [0.29, 0.717) is 0 Å². The first kappa shape index (κ1) is 12.3. The normalized spacial score (nSPS) is 13.0. The SMILES string of the molecule is C/C(Br)=C\C=C(/N)Cc1ccc(Cl)cc1. The van der Waals surface area contributed by atoms with Gasteiger partial charge in [0.15, 0.2) is 0 Å². The van der Waals surface area contributed by atoms with Gasteiger partial charge in [-0.3, -0.25) is 0 Å². The molecule has 0 atom stereocenters. The van der Waals surface area contributed by atoms with Crippen LogP contribution in [0.4, 0.5) is 0 Å². The summed E-state index contributed by atoms with van der Waals surface area (Å²) in [6.07, 6.45) is 4.58. The van der Waals surface area contributed by atoms with Crippen molar-refractivity contribution >= 4 is 27.5 Å². The first-order valence-corrected chi connectivity index (χ1v) is 5.78. The second-order valence-electron chi connectivity index (χ2n) is 3.30. The number of nitrogens with two attached hydrogens (primary N) is 1. The topological polar surface area (TPSA) is 26.0 Å². The van der Waals surface area contributed by atoms with Crippen LogP contribution in [-0.2, 0) is 6.42 Å². The molecule has 3 heteroatoms. The van der Waals surface area contributed by atoms with Crippen LogP contribution < -0.4 is 5.73 Å². The Labute approximate surface area is 104 Å². The second-order valence-corrected chi connectivity index (χ2v) is 4.99. The molecular formula is C12H13BrClN. The fraction of sp³-hybridized carbons (Fsp3) is 0.167. The first-order chi connectivity index (χ1) is 7.08. The predicted molar refractivity (Wildman–Crippen MR) is 70.1 cm³/mol. The molecule has 0 aliphatic carbocycles. The zero-order valence-electron chi connectivity index (χ0n) is 8.50. The van der Waals surface area contributed by atoms with Gasteiger partial charge >= 0.3 is 0 Å². The molecule has 80 valence electrons. The smallest absolute Gasteiger partial charge is 0.0406 e. The average Bonchev–Trinajstić information content (AvgIpc) is 2.19. The average molecular weight is 287 g/mol. The van der Waals surface area contributed by atoms with Gasteiger partial charge in [0.1, 0.15) is 0 Å². The van der Waals surface area contributed by atoms with Crippen molar-refractivity contribution < 1.29 is 0 Å². The Morgan fingerprint density at radius 1 is 1.33 bits per heavy atom. The lowest BCUT2D eigenvalue weighted by Gasteiger charge is -2.01. The van der Waals surface area contributed by atoms with E-state index in [0.717, 1.165) is 27.2 Å². The molecule has 2 N–H and O–H groups in total. The van der Waals surface area contributed by atoms with Crippen LogP contribution >= 0.6 is 27.5 Å². The summed E-state index contributed by atoms with van der Waals surface area (Å²) in [7, 11) is 0. The van der Waals surface area contributed by atoms with Gasteiger partial charge in [0.2, 0.25) is 0 Å². The van der Waals surface area contributed by atoms with E-state index in [4.69, 9.17) is 17.3 Å². The van der Waals surface area contributed by atoms with Crippen molar-refractivity contribution in [3.8, 4) is 0 Å². The largest absolute Gasteiger partial charge is 0.402 e. The maximum absolute atomic E-state index is 5.85. The molecule has 0 radical (unpaired) electrons. The summed E-state index contributed by atoms with van der Waals surface area (Å²) >= 11 is 9.13. The summed E-state index contributed by atoms with van der Waals surface area (Å²) in [6.45, 7) is 1.96. The quantitative estimate of drug-likeness (QED) is 0.834. The number of benzene rings is 1. The molecular weight excluding hydrogens is 273 g/mol. The Balaban J connectivity index is 2.66. The molecule has 0 heterocycles. The van der Waals surface area contributed by atoms with Crippen LogP contribution in [-0.4, -0.2) is 0 Å². The van der Waals surface area contributed by atoms with Gasteiger partial charge in [-0.2, -0.15) is 0 Å². The maximum Gasteiger partial charge on any atom is 0.0406 e. The summed E-state index contributed by atoms with van der Waals surface area (Å²) in [5.41, 5.74) is 7.85. The van der Waals surface area contributed by atoms with Crippen molar-refractivity contribution in [2.75, 3.05) is 0 Å². The molecule has 1 rings (SSSR count). The molecule has 0 aliphatic heterocycles. The van der Waals surface area contributed by atoms with Crippen molar-refractivity contribution in [1.82, 2.24) is 0 Å². The summed E-state index contributed by atoms with van der Waals surface area (Å²) in [4.78, 5) is 0. The Morgan fingerprint density at radius 2 is 1.93 bits per heavy atom. The van der Waals surface area contributed by atoms with Gasteiger partial charge in [0.05, 0.1) is 0 Å². The minimum Gasteiger partial charge on any atom is -0.402 e. The van der Waals surface area contributed by atoms with Crippen LogP contribution in [0.2, 0.25) is 5.02 Å². The predicted octanol–water partition coefficient (Wildman–Crippen LogP) is 4.02. The lowest BCUT2D eigenvalue weighted by atomic mass is 10.1. The molecule has 0 aliphatic rings. The molecule has 0 amide bonds. The molecule has 0 aromatic heterocycles. The van der Waals surface area contributed by atoms with Crippen molar-refractivity contribution in [3.63, 3.8) is 0 Å². The van der Waals surface area contributed by atoms with E-state index >= 15 is 0 Å². The summed E-state index contributed by atoms with van der Waals surface area (Å²) in [5, 5.41) is 0.748. The third-order valence-electron chi connectivity index (χ3n) is 1.85. The summed E-state index contributed by atoms with van der Waals surface area (Å²) in [6, 6.07) is 7.70. The number of hydrogen-bond acceptors (Lipinski definition) is 1. The number of hydrogen-bond donors (Lipinski definition) is 1. The molecule has 0 saturated carbocycles. The Hall–Kier alpha value is -0.730. The van der Waals surface area contributed by atoms with E-state index in [9.17, 15) is 0 Å². The highest BCUT2D eigenvalue weighted by atomic mass is 79.9. The van der Waals surface area contributed by atoms with Gasteiger partial charge in [-0.1, -0.05) is 45.7 Å². The molecule has 1 aromatic rings. The fourth-order valence-electron chi connectivity index (χ4n) is 1.12. The molecule has 1 nitrogen and oxygen atoms in total. The van der Waals surface area contributed by atoms with Gasteiger partial charge < -0.3 is 5.73 Å². The first-order valence-electron chi connectivity index (χ1n) is 4.61. The van der Waals surface area contributed by atoms with Gasteiger partial charge in [-0.25, -0.2) is 0 Å². The number of rotatable bonds is 3. The lowest BCUT2D eigenvalue weighted by Crippen LogP contribution is -2.00. The number of allylic oxidation sites excluding steroid dienone is 4. The standard InChI is InChI=1S/C12H13BrClN/c1-9(13)2-7-12(15)8-10-3-5-11(14)6-4-10/h2-7H,8,15H2,1H3/b9-2+,12-7-. The van der Waals surface area contributed by atoms with Crippen molar-refractivity contribution in [1.29, 1.82) is 0 Å². The second kappa shape index (κ2) is 5.99. The monoisotopic (exact) mass is 285 g/mol. The molecule has 0 saturated heterocycles. The van der Waals surface area contributed by atoms with Gasteiger partial charge in [-0.15, -0.1) is 0 Å². The van der Waals surface area contributed by atoms with Crippen LogP contribution in [0, 0.1) is 0 Å². The molecule has 0 unspecified atom stereocenters. The number of halogens is 2. The van der Waals surface area contributed by atoms with Crippen molar-refractivity contribution in [2.45, 2.75) is 13.3 Å². The highest BCUT2D eigenvalue weighted by Crippen LogP contribution is 2.12. The molecule has 1 aromatic carbocycles. The van der Waals surface area contributed by atoms with E-state index in [-0.39, 0.29) is 0 Å². The van der Waals surface area contributed by atoms with Crippen LogP contribution in [0.3, 0.4) is 0 Å². The van der Waals surface area contributed by atoms with E-state index in [1.807, 2.05) is 43.3 Å². The molecule has 15 heavy (non-hydrogen) atoms. The Morgan fingerprint density at radius 3 is 2.47 bits per heavy atom. The molecule has 0 spiro atoms. The van der Waals surface area contributed by atoms with Crippen LogP contribution in [0.5, 0.6) is 0 Å². The van der Waals surface area contributed by atoms with E-state index in [2.05, 4.69) is 15.9 Å². The zero-order chi connectivity index (χ0) is 11.3. The minimum atomic E-state index is 0.744. The van der Waals surface area contributed by atoms with Crippen LogP contribution in [0.25, 0.3) is 0 Å². The van der Waals surface area contributed by atoms with Gasteiger partial charge in [-0.05, 0) is 35.2 Å². The summed E-state index contributed by atoms with van der Waals surface area (Å²) < 4.78 is 1.06. The Kier molecular flexibility index (Phi) is 4.92. The maximum atomic E-state index is 5.85. The summed E-state index contributed by atoms with van der Waals surface area (Å²) in [5.74, 6) is 0. The fourth-order valence-corrected chi connectivity index (χ4v) is 1.38. The van der Waals surface area contributed by atoms with E-state index in [1.54, 1.807) is 0 Å². The molecule has 0 bridgehead atoms. The van der Waals surface area contributed by atoms with Crippen molar-refractivity contribution in [2.24, 2.45) is 5.73 Å². The highest BCUT2D eigenvalue weighted by molar-refractivity contribution is 9.11. The third-order valence-corrected chi connectivity index (χ3v) is 2.36. The minimum absolute atomic E-state index is 0.744. The van der Waals surface area contributed by atoms with E-state index < -0.39 is 0 Å². The third kappa shape index (κ3) is 5.05. The molecule has 0 fully saturated rings. The van der Waals surface area contributed by atoms with Crippen LogP contribution in [0.1, 0.15) is 12.5 Å².